The Balaban J connectivity index is 1.84. The Bertz CT molecular complexity index is 661. The zero-order chi connectivity index (χ0) is 15.9. The Labute approximate surface area is 136 Å². The van der Waals surface area contributed by atoms with E-state index in [4.69, 9.17) is 4.74 Å². The average molecular weight is 363 g/mol. The second-order valence-electron chi connectivity index (χ2n) is 4.67. The summed E-state index contributed by atoms with van der Waals surface area (Å²) in [5, 5.41) is 2.77. The first-order valence-corrected chi connectivity index (χ1v) is 7.47. The normalized spacial score (nSPS) is 11.5. The van der Waals surface area contributed by atoms with Gasteiger partial charge in [-0.3, -0.25) is 9.78 Å². The van der Waals surface area contributed by atoms with Crippen LogP contribution in [0, 0.1) is 0 Å². The number of aromatic nitrogens is 1. The average Bonchev–Trinajstić information content (AvgIpc) is 2.53. The number of halogens is 1. The number of esters is 1. The molecule has 1 aromatic heterocycles. The van der Waals surface area contributed by atoms with E-state index in [0.29, 0.717) is 10.0 Å². The monoisotopic (exact) mass is 362 g/mol. The number of amides is 1. The number of nitrogens with one attached hydrogen (secondary N) is 1. The number of pyridine rings is 1. The molecule has 1 amide bonds. The second kappa shape index (κ2) is 7.70. The van der Waals surface area contributed by atoms with Crippen LogP contribution in [0.1, 0.15) is 28.9 Å². The van der Waals surface area contributed by atoms with E-state index < -0.39 is 5.97 Å². The molecule has 2 aromatic rings. The zero-order valence-corrected chi connectivity index (χ0v) is 13.5. The topological polar surface area (TPSA) is 68.3 Å². The third-order valence-electron chi connectivity index (χ3n) is 2.95. The minimum atomic E-state index is -0.587. The summed E-state index contributed by atoms with van der Waals surface area (Å²) >= 11 is 3.22. The molecule has 22 heavy (non-hydrogen) atoms. The summed E-state index contributed by atoms with van der Waals surface area (Å²) in [5.41, 5.74) is 1.27. The van der Waals surface area contributed by atoms with Crippen LogP contribution in [0.4, 0.5) is 0 Å². The van der Waals surface area contributed by atoms with Crippen molar-refractivity contribution in [2.24, 2.45) is 0 Å². The summed E-state index contributed by atoms with van der Waals surface area (Å²) < 4.78 is 5.64. The number of rotatable bonds is 5. The first-order valence-electron chi connectivity index (χ1n) is 6.68. The van der Waals surface area contributed by atoms with E-state index in [9.17, 15) is 9.59 Å². The predicted molar refractivity (Wildman–Crippen MR) is 85.2 cm³/mol. The van der Waals surface area contributed by atoms with Gasteiger partial charge in [-0.15, -0.1) is 0 Å². The molecule has 0 aliphatic heterocycles. The number of carbonyl (C=O) groups is 2. The van der Waals surface area contributed by atoms with E-state index in [1.807, 2.05) is 37.3 Å². The highest BCUT2D eigenvalue weighted by Crippen LogP contribution is 2.12. The van der Waals surface area contributed by atoms with Gasteiger partial charge in [0.1, 0.15) is 0 Å². The second-order valence-corrected chi connectivity index (χ2v) is 5.58. The molecule has 114 valence electrons. The van der Waals surface area contributed by atoms with Crippen molar-refractivity contribution in [3.63, 3.8) is 0 Å². The van der Waals surface area contributed by atoms with Gasteiger partial charge >= 0.3 is 5.97 Å². The van der Waals surface area contributed by atoms with E-state index in [2.05, 4.69) is 26.2 Å². The summed E-state index contributed by atoms with van der Waals surface area (Å²) in [6.07, 6.45) is 2.95. The highest BCUT2D eigenvalue weighted by Gasteiger charge is 2.13. The van der Waals surface area contributed by atoms with Gasteiger partial charge in [0.15, 0.2) is 6.61 Å². The molecule has 0 fully saturated rings. The molecular weight excluding hydrogens is 348 g/mol. The molecule has 0 aliphatic rings. The minimum Gasteiger partial charge on any atom is -0.452 e. The van der Waals surface area contributed by atoms with Gasteiger partial charge < -0.3 is 10.1 Å². The quantitative estimate of drug-likeness (QED) is 0.830. The number of ether oxygens (including phenoxy) is 1. The SMILES string of the molecule is C[C@H](NC(=O)COC(=O)c1cncc(Br)c1)c1ccccc1. The first kappa shape index (κ1) is 16.2. The molecular formula is C16H15BrN2O3. The van der Waals surface area contributed by atoms with Crippen LogP contribution in [0.25, 0.3) is 0 Å². The predicted octanol–water partition coefficient (Wildman–Crippen LogP) is 2.88. The maximum Gasteiger partial charge on any atom is 0.340 e. The van der Waals surface area contributed by atoms with Crippen molar-refractivity contribution in [2.45, 2.75) is 13.0 Å². The van der Waals surface area contributed by atoms with Crippen molar-refractivity contribution in [2.75, 3.05) is 6.61 Å². The highest BCUT2D eigenvalue weighted by atomic mass is 79.9. The van der Waals surface area contributed by atoms with Crippen molar-refractivity contribution in [3.8, 4) is 0 Å². The number of hydrogen-bond acceptors (Lipinski definition) is 4. The van der Waals surface area contributed by atoms with Gasteiger partial charge in [-0.2, -0.15) is 0 Å². The molecule has 5 nitrogen and oxygen atoms in total. The van der Waals surface area contributed by atoms with E-state index in [1.165, 1.54) is 6.20 Å². The molecule has 2 rings (SSSR count). The van der Waals surface area contributed by atoms with Gasteiger partial charge in [0.2, 0.25) is 0 Å². The number of nitrogens with zero attached hydrogens (tertiary/aromatic N) is 1. The van der Waals surface area contributed by atoms with E-state index in [-0.39, 0.29) is 18.6 Å². The minimum absolute atomic E-state index is 0.153. The smallest absolute Gasteiger partial charge is 0.340 e. The lowest BCUT2D eigenvalue weighted by molar-refractivity contribution is -0.124. The number of carbonyl (C=O) groups excluding carboxylic acids is 2. The molecule has 0 spiro atoms. The van der Waals surface area contributed by atoms with Gasteiger partial charge in [-0.05, 0) is 34.5 Å². The summed E-state index contributed by atoms with van der Waals surface area (Å²) in [6, 6.07) is 11.0. The maximum atomic E-state index is 11.8. The van der Waals surface area contributed by atoms with Gasteiger partial charge in [0.05, 0.1) is 11.6 Å². The molecule has 1 heterocycles. The van der Waals surface area contributed by atoms with Crippen LogP contribution in [-0.4, -0.2) is 23.5 Å². The van der Waals surface area contributed by atoms with Crippen LogP contribution < -0.4 is 5.32 Å². The lowest BCUT2D eigenvalue weighted by atomic mass is 10.1. The first-order chi connectivity index (χ1) is 10.6. The van der Waals surface area contributed by atoms with Gasteiger partial charge in [0.25, 0.3) is 5.91 Å². The van der Waals surface area contributed by atoms with Gasteiger partial charge in [-0.1, -0.05) is 30.3 Å². The summed E-state index contributed by atoms with van der Waals surface area (Å²) in [4.78, 5) is 27.5. The van der Waals surface area contributed by atoms with Crippen LogP contribution in [0.3, 0.4) is 0 Å². The van der Waals surface area contributed by atoms with E-state index in [0.717, 1.165) is 5.56 Å². The Hall–Kier alpha value is -2.21. The Morgan fingerprint density at radius 3 is 2.68 bits per heavy atom. The summed E-state index contributed by atoms with van der Waals surface area (Å²) in [7, 11) is 0. The fourth-order valence-corrected chi connectivity index (χ4v) is 2.21. The molecule has 0 unspecified atom stereocenters. The van der Waals surface area contributed by atoms with Crippen LogP contribution in [0.2, 0.25) is 0 Å². The lowest BCUT2D eigenvalue weighted by Gasteiger charge is -2.14. The van der Waals surface area contributed by atoms with E-state index in [1.54, 1.807) is 12.3 Å². The molecule has 1 N–H and O–H groups in total. The Kier molecular flexibility index (Phi) is 5.66. The third kappa shape index (κ3) is 4.66. The van der Waals surface area contributed by atoms with Crippen molar-refractivity contribution in [1.82, 2.24) is 10.3 Å². The molecule has 1 aromatic carbocycles. The van der Waals surface area contributed by atoms with Crippen LogP contribution >= 0.6 is 15.9 Å². The zero-order valence-electron chi connectivity index (χ0n) is 12.0. The van der Waals surface area contributed by atoms with E-state index >= 15 is 0 Å². The molecule has 1 atom stereocenters. The summed E-state index contributed by atoms with van der Waals surface area (Å²) in [6.45, 7) is 1.54. The lowest BCUT2D eigenvalue weighted by Crippen LogP contribution is -2.31. The largest absolute Gasteiger partial charge is 0.452 e. The number of benzene rings is 1. The van der Waals surface area contributed by atoms with Gasteiger partial charge in [0, 0.05) is 16.9 Å². The van der Waals surface area contributed by atoms with Crippen LogP contribution in [0.5, 0.6) is 0 Å². The van der Waals surface area contributed by atoms with Crippen molar-refractivity contribution in [1.29, 1.82) is 0 Å². The van der Waals surface area contributed by atoms with Crippen molar-refractivity contribution < 1.29 is 14.3 Å². The van der Waals surface area contributed by atoms with Crippen molar-refractivity contribution in [3.05, 3.63) is 64.4 Å². The fraction of sp³-hybridized carbons (Fsp3) is 0.188. The maximum absolute atomic E-state index is 11.8. The van der Waals surface area contributed by atoms with Crippen LogP contribution in [0.15, 0.2) is 53.3 Å². The standard InChI is InChI=1S/C16H15BrN2O3/c1-11(12-5-3-2-4-6-12)19-15(20)10-22-16(21)13-7-14(17)9-18-8-13/h2-9,11H,10H2,1H3,(H,19,20)/t11-/m0/s1. The summed E-state index contributed by atoms with van der Waals surface area (Å²) in [5.74, 6) is -0.941. The number of hydrogen-bond donors (Lipinski definition) is 1. The third-order valence-corrected chi connectivity index (χ3v) is 3.39. The molecule has 0 radical (unpaired) electrons. The van der Waals surface area contributed by atoms with Gasteiger partial charge in [-0.25, -0.2) is 4.79 Å². The molecule has 6 heteroatoms. The molecule has 0 bridgehead atoms. The van der Waals surface area contributed by atoms with Crippen LogP contribution in [-0.2, 0) is 9.53 Å². The molecule has 0 saturated heterocycles. The fourth-order valence-electron chi connectivity index (χ4n) is 1.85. The Morgan fingerprint density at radius 1 is 1.27 bits per heavy atom. The molecule has 0 aliphatic carbocycles. The molecule has 0 saturated carbocycles. The Morgan fingerprint density at radius 2 is 2.00 bits per heavy atom. The van der Waals surface area contributed by atoms with Crippen molar-refractivity contribution >= 4 is 27.8 Å². The highest BCUT2D eigenvalue weighted by molar-refractivity contribution is 9.10.